The van der Waals surface area contributed by atoms with Gasteiger partial charge in [-0.05, 0) is 31.0 Å². The number of nitrogens with zero attached hydrogens (tertiary/aromatic N) is 2. The van der Waals surface area contributed by atoms with Gasteiger partial charge in [0.15, 0.2) is 9.84 Å². The van der Waals surface area contributed by atoms with Crippen molar-refractivity contribution in [3.63, 3.8) is 0 Å². The van der Waals surface area contributed by atoms with Gasteiger partial charge in [-0.3, -0.25) is 4.79 Å². The predicted molar refractivity (Wildman–Crippen MR) is 85.4 cm³/mol. The Balaban J connectivity index is 2.05. The molecule has 126 valence electrons. The van der Waals surface area contributed by atoms with Crippen molar-refractivity contribution in [2.75, 3.05) is 25.9 Å². The van der Waals surface area contributed by atoms with E-state index in [0.29, 0.717) is 25.2 Å². The maximum Gasteiger partial charge on any atom is 0.336 e. The Kier molecular flexibility index (Phi) is 5.25. The zero-order valence-corrected chi connectivity index (χ0v) is 14.1. The van der Waals surface area contributed by atoms with Gasteiger partial charge in [0, 0.05) is 25.9 Å². The van der Waals surface area contributed by atoms with Crippen molar-refractivity contribution in [3.8, 4) is 0 Å². The van der Waals surface area contributed by atoms with Crippen LogP contribution in [0, 0.1) is 0 Å². The number of carbonyl (C=O) groups is 2. The lowest BCUT2D eigenvalue weighted by Crippen LogP contribution is -2.49. The maximum absolute atomic E-state index is 12.4. The molecule has 1 heterocycles. The molecule has 2 rings (SSSR count). The number of hydrogen-bond acceptors (Lipinski definition) is 4. The van der Waals surface area contributed by atoms with E-state index in [0.717, 1.165) is 12.7 Å². The summed E-state index contributed by atoms with van der Waals surface area (Å²) >= 11 is 0. The highest BCUT2D eigenvalue weighted by molar-refractivity contribution is 7.90. The summed E-state index contributed by atoms with van der Waals surface area (Å²) in [6, 6.07) is 5.96. The van der Waals surface area contributed by atoms with Gasteiger partial charge in [0.05, 0.1) is 11.3 Å². The normalized spacial score (nSPS) is 14.9. The molecule has 0 radical (unpaired) electrons. The number of hydrazine groups is 1. The quantitative estimate of drug-likeness (QED) is 0.879. The van der Waals surface area contributed by atoms with E-state index in [9.17, 15) is 18.0 Å². The van der Waals surface area contributed by atoms with E-state index in [1.807, 2.05) is 6.92 Å². The molecule has 1 N–H and O–H groups in total. The van der Waals surface area contributed by atoms with Gasteiger partial charge in [-0.15, -0.1) is 0 Å². The molecule has 0 unspecified atom stereocenters. The first kappa shape index (κ1) is 17.3. The Hall–Kier alpha value is -2.09. The third kappa shape index (κ3) is 4.22. The van der Waals surface area contributed by atoms with Crippen molar-refractivity contribution in [3.05, 3.63) is 29.8 Å². The van der Waals surface area contributed by atoms with Gasteiger partial charge in [0.2, 0.25) is 5.91 Å². The van der Waals surface area contributed by atoms with Crippen LogP contribution in [-0.4, -0.2) is 56.3 Å². The highest BCUT2D eigenvalue weighted by Gasteiger charge is 2.30. The zero-order valence-electron chi connectivity index (χ0n) is 13.3. The second kappa shape index (κ2) is 6.99. The number of rotatable bonds is 4. The number of nitrogens with one attached hydrogen (secondary N) is 1. The van der Waals surface area contributed by atoms with Gasteiger partial charge >= 0.3 is 6.03 Å². The van der Waals surface area contributed by atoms with Crippen molar-refractivity contribution in [2.45, 2.75) is 24.7 Å². The van der Waals surface area contributed by atoms with Gasteiger partial charge in [0.25, 0.3) is 0 Å². The lowest BCUT2D eigenvalue weighted by molar-refractivity contribution is -0.139. The summed E-state index contributed by atoms with van der Waals surface area (Å²) in [5.41, 5.74) is 0.713. The smallest absolute Gasteiger partial charge is 0.336 e. The van der Waals surface area contributed by atoms with E-state index in [1.165, 1.54) is 22.2 Å². The highest BCUT2D eigenvalue weighted by atomic mass is 32.2. The van der Waals surface area contributed by atoms with Crippen LogP contribution >= 0.6 is 0 Å². The standard InChI is InChI=1S/C15H21N3O4S/c1-3-16-15(20)18-10-4-9-17(18)14(19)11-12-5-7-13(8-6-12)23(2,21)22/h5-8H,3-4,9-11H2,1-2H3,(H,16,20). The molecular weight excluding hydrogens is 318 g/mol. The SMILES string of the molecule is CCNC(=O)N1CCCN1C(=O)Cc1ccc(S(C)(=O)=O)cc1. The molecule has 0 spiro atoms. The third-order valence-electron chi connectivity index (χ3n) is 3.59. The average molecular weight is 339 g/mol. The molecule has 0 atom stereocenters. The first-order valence-corrected chi connectivity index (χ1v) is 9.36. The summed E-state index contributed by atoms with van der Waals surface area (Å²) < 4.78 is 22.9. The summed E-state index contributed by atoms with van der Waals surface area (Å²) in [4.78, 5) is 24.5. The van der Waals surface area contributed by atoms with Crippen LogP contribution in [0.2, 0.25) is 0 Å². The van der Waals surface area contributed by atoms with Gasteiger partial charge in [-0.25, -0.2) is 23.2 Å². The lowest BCUT2D eigenvalue weighted by atomic mass is 10.1. The maximum atomic E-state index is 12.4. The van der Waals surface area contributed by atoms with Crippen LogP contribution < -0.4 is 5.32 Å². The topological polar surface area (TPSA) is 86.8 Å². The molecule has 3 amide bonds. The van der Waals surface area contributed by atoms with Gasteiger partial charge < -0.3 is 5.32 Å². The van der Waals surface area contributed by atoms with E-state index in [-0.39, 0.29) is 23.3 Å². The van der Waals surface area contributed by atoms with Gasteiger partial charge in [0.1, 0.15) is 0 Å². The number of hydrogen-bond donors (Lipinski definition) is 1. The molecule has 8 heteroatoms. The van der Waals surface area contributed by atoms with Crippen molar-refractivity contribution >= 4 is 21.8 Å². The largest absolute Gasteiger partial charge is 0.337 e. The van der Waals surface area contributed by atoms with Crippen LogP contribution in [0.5, 0.6) is 0 Å². The Morgan fingerprint density at radius 2 is 1.74 bits per heavy atom. The fourth-order valence-corrected chi connectivity index (χ4v) is 3.08. The van der Waals surface area contributed by atoms with Crippen molar-refractivity contribution in [1.82, 2.24) is 15.3 Å². The molecule has 1 saturated heterocycles. The lowest BCUT2D eigenvalue weighted by Gasteiger charge is -2.27. The molecule has 23 heavy (non-hydrogen) atoms. The fourth-order valence-electron chi connectivity index (χ4n) is 2.45. The second-order valence-corrected chi connectivity index (χ2v) is 7.44. The Labute approximate surface area is 136 Å². The molecular formula is C15H21N3O4S. The molecule has 1 aromatic rings. The number of amides is 3. The van der Waals surface area contributed by atoms with E-state index in [4.69, 9.17) is 0 Å². The first-order chi connectivity index (χ1) is 10.8. The second-order valence-electron chi connectivity index (χ2n) is 5.42. The molecule has 0 aliphatic carbocycles. The number of carbonyl (C=O) groups excluding carboxylic acids is 2. The Morgan fingerprint density at radius 1 is 1.13 bits per heavy atom. The minimum Gasteiger partial charge on any atom is -0.337 e. The summed E-state index contributed by atoms with van der Waals surface area (Å²) in [7, 11) is -3.25. The minimum absolute atomic E-state index is 0.125. The van der Waals surface area contributed by atoms with E-state index in [2.05, 4.69) is 5.32 Å². The van der Waals surface area contributed by atoms with E-state index < -0.39 is 9.84 Å². The monoisotopic (exact) mass is 339 g/mol. The number of sulfone groups is 1. The van der Waals surface area contributed by atoms with Crippen LogP contribution in [-0.2, 0) is 21.1 Å². The molecule has 0 bridgehead atoms. The minimum atomic E-state index is -3.25. The predicted octanol–water partition coefficient (Wildman–Crippen LogP) is 0.811. The van der Waals surface area contributed by atoms with E-state index >= 15 is 0 Å². The molecule has 1 aliphatic rings. The molecule has 1 fully saturated rings. The average Bonchev–Trinajstić information content (AvgIpc) is 2.96. The van der Waals surface area contributed by atoms with Gasteiger partial charge in [-0.2, -0.15) is 0 Å². The zero-order chi connectivity index (χ0) is 17.0. The highest BCUT2D eigenvalue weighted by Crippen LogP contribution is 2.15. The summed E-state index contributed by atoms with van der Waals surface area (Å²) in [5.74, 6) is -0.180. The fraction of sp³-hybridized carbons (Fsp3) is 0.467. The number of urea groups is 1. The van der Waals surface area contributed by atoms with Crippen LogP contribution in [0.15, 0.2) is 29.2 Å². The molecule has 1 aromatic carbocycles. The molecule has 0 saturated carbocycles. The summed E-state index contributed by atoms with van der Waals surface area (Å²) in [6.45, 7) is 3.36. The van der Waals surface area contributed by atoms with Crippen molar-refractivity contribution in [1.29, 1.82) is 0 Å². The van der Waals surface area contributed by atoms with Crippen molar-refractivity contribution < 1.29 is 18.0 Å². The van der Waals surface area contributed by atoms with E-state index in [1.54, 1.807) is 12.1 Å². The third-order valence-corrected chi connectivity index (χ3v) is 4.72. The van der Waals surface area contributed by atoms with Gasteiger partial charge in [-0.1, -0.05) is 12.1 Å². The van der Waals surface area contributed by atoms with Crippen LogP contribution in [0.25, 0.3) is 0 Å². The molecule has 7 nitrogen and oxygen atoms in total. The Morgan fingerprint density at radius 3 is 2.30 bits per heavy atom. The molecule has 1 aliphatic heterocycles. The molecule has 0 aromatic heterocycles. The Bertz CT molecular complexity index is 685. The van der Waals surface area contributed by atoms with Crippen LogP contribution in [0.3, 0.4) is 0 Å². The summed E-state index contributed by atoms with van der Waals surface area (Å²) in [5, 5.41) is 5.57. The van der Waals surface area contributed by atoms with Crippen molar-refractivity contribution in [2.24, 2.45) is 0 Å². The van der Waals surface area contributed by atoms with Crippen LogP contribution in [0.1, 0.15) is 18.9 Å². The first-order valence-electron chi connectivity index (χ1n) is 7.47. The summed E-state index contributed by atoms with van der Waals surface area (Å²) in [6.07, 6.45) is 2.01. The number of benzene rings is 1. The van der Waals surface area contributed by atoms with Crippen LogP contribution in [0.4, 0.5) is 4.79 Å².